The van der Waals surface area contributed by atoms with Crippen LogP contribution < -0.4 is 9.47 Å². The number of rotatable bonds is 4. The van der Waals surface area contributed by atoms with Crippen molar-refractivity contribution in [3.05, 3.63) is 15.2 Å². The van der Waals surface area contributed by atoms with Crippen molar-refractivity contribution in [2.75, 3.05) is 13.2 Å². The van der Waals surface area contributed by atoms with E-state index in [4.69, 9.17) is 44.3 Å². The molecule has 0 unspecified atom stereocenters. The molecule has 0 N–H and O–H groups in total. The summed E-state index contributed by atoms with van der Waals surface area (Å²) < 4.78 is 10.5. The number of pyridine rings is 1. The molecule has 84 valence electrons. The second-order valence-corrected chi connectivity index (χ2v) is 3.64. The molecule has 6 heteroatoms. The third-order valence-electron chi connectivity index (χ3n) is 1.54. The Labute approximate surface area is 103 Å². The number of aromatic nitrogens is 1. The van der Waals surface area contributed by atoms with Gasteiger partial charge in [-0.15, -0.1) is 0 Å². The van der Waals surface area contributed by atoms with Crippen molar-refractivity contribution in [2.24, 2.45) is 0 Å². The van der Waals surface area contributed by atoms with Gasteiger partial charge in [0.25, 0.3) is 0 Å². The molecule has 1 rings (SSSR count). The third-order valence-corrected chi connectivity index (χ3v) is 2.59. The Morgan fingerprint density at radius 1 is 1.00 bits per heavy atom. The maximum Gasteiger partial charge on any atom is 0.238 e. The molecular weight excluding hydrogens is 260 g/mol. The molecule has 0 aliphatic rings. The van der Waals surface area contributed by atoms with Crippen LogP contribution in [0.5, 0.6) is 11.6 Å². The Kier molecular flexibility index (Phi) is 4.77. The lowest BCUT2D eigenvalue weighted by atomic mass is 10.4. The van der Waals surface area contributed by atoms with Crippen molar-refractivity contribution in [3.8, 4) is 11.6 Å². The minimum atomic E-state index is 0.118. The van der Waals surface area contributed by atoms with Crippen molar-refractivity contribution in [1.82, 2.24) is 4.98 Å². The van der Waals surface area contributed by atoms with Crippen LogP contribution in [0.2, 0.25) is 15.2 Å². The lowest BCUT2D eigenvalue weighted by Crippen LogP contribution is -2.00. The molecular formula is C9H10Cl3NO2. The molecule has 0 spiro atoms. The van der Waals surface area contributed by atoms with Crippen molar-refractivity contribution in [2.45, 2.75) is 13.8 Å². The van der Waals surface area contributed by atoms with Crippen LogP contribution in [0.3, 0.4) is 0 Å². The molecule has 1 aromatic rings. The zero-order chi connectivity index (χ0) is 11.4. The molecule has 0 aliphatic heterocycles. The second-order valence-electron chi connectivity index (χ2n) is 2.53. The highest BCUT2D eigenvalue weighted by Gasteiger charge is 2.18. The summed E-state index contributed by atoms with van der Waals surface area (Å²) in [5, 5.41) is 0.563. The van der Waals surface area contributed by atoms with E-state index in [-0.39, 0.29) is 21.1 Å². The maximum atomic E-state index is 5.99. The molecule has 0 radical (unpaired) electrons. The molecule has 0 aromatic carbocycles. The quantitative estimate of drug-likeness (QED) is 0.779. The molecule has 0 saturated heterocycles. The zero-order valence-electron chi connectivity index (χ0n) is 8.31. The van der Waals surface area contributed by atoms with Gasteiger partial charge in [-0.1, -0.05) is 34.8 Å². The largest absolute Gasteiger partial charge is 0.490 e. The lowest BCUT2D eigenvalue weighted by Gasteiger charge is -2.12. The first-order chi connectivity index (χ1) is 7.11. The second kappa shape index (κ2) is 5.64. The summed E-state index contributed by atoms with van der Waals surface area (Å²) in [6, 6.07) is 0. The highest BCUT2D eigenvalue weighted by atomic mass is 35.5. The van der Waals surface area contributed by atoms with Crippen molar-refractivity contribution >= 4 is 34.8 Å². The van der Waals surface area contributed by atoms with Gasteiger partial charge in [-0.25, -0.2) is 0 Å². The van der Waals surface area contributed by atoms with Gasteiger partial charge in [0.2, 0.25) is 5.88 Å². The first kappa shape index (κ1) is 12.7. The highest BCUT2D eigenvalue weighted by molar-refractivity contribution is 6.44. The van der Waals surface area contributed by atoms with Crippen LogP contribution in [0.15, 0.2) is 0 Å². The average molecular weight is 271 g/mol. The van der Waals surface area contributed by atoms with Crippen LogP contribution in [0.25, 0.3) is 0 Å². The summed E-state index contributed by atoms with van der Waals surface area (Å²) in [6.07, 6.45) is 0. The summed E-state index contributed by atoms with van der Waals surface area (Å²) in [4.78, 5) is 3.90. The van der Waals surface area contributed by atoms with Gasteiger partial charge in [-0.05, 0) is 13.8 Å². The standard InChI is InChI=1S/C9H10Cl3NO2/c1-3-14-7-5(10)8(12)13-9(6(7)11)15-4-2/h3-4H2,1-2H3. The number of halogens is 3. The van der Waals surface area contributed by atoms with Crippen molar-refractivity contribution in [1.29, 1.82) is 0 Å². The topological polar surface area (TPSA) is 31.4 Å². The number of hydrogen-bond donors (Lipinski definition) is 0. The molecule has 0 bridgehead atoms. The van der Waals surface area contributed by atoms with E-state index in [1.165, 1.54) is 0 Å². The fraction of sp³-hybridized carbons (Fsp3) is 0.444. The van der Waals surface area contributed by atoms with Crippen LogP contribution >= 0.6 is 34.8 Å². The summed E-state index contributed by atoms with van der Waals surface area (Å²) in [6.45, 7) is 4.52. The SMILES string of the molecule is CCOc1nc(Cl)c(Cl)c(OCC)c1Cl. The van der Waals surface area contributed by atoms with Gasteiger partial charge in [0.05, 0.1) is 13.2 Å². The maximum absolute atomic E-state index is 5.99. The summed E-state index contributed by atoms with van der Waals surface area (Å²) in [5.74, 6) is 0.543. The Morgan fingerprint density at radius 3 is 2.13 bits per heavy atom. The van der Waals surface area contributed by atoms with Gasteiger partial charge in [-0.2, -0.15) is 4.98 Å². The lowest BCUT2D eigenvalue weighted by molar-refractivity contribution is 0.314. The minimum absolute atomic E-state index is 0.118. The van der Waals surface area contributed by atoms with Crippen LogP contribution in [0.1, 0.15) is 13.8 Å². The van der Waals surface area contributed by atoms with Crippen LogP contribution in [0.4, 0.5) is 0 Å². The molecule has 0 saturated carbocycles. The highest BCUT2D eigenvalue weighted by Crippen LogP contribution is 2.42. The van der Waals surface area contributed by atoms with Gasteiger partial charge in [0.1, 0.15) is 10.0 Å². The summed E-state index contributed by atoms with van der Waals surface area (Å²) >= 11 is 17.7. The average Bonchev–Trinajstić information content (AvgIpc) is 2.21. The third kappa shape index (κ3) is 2.80. The van der Waals surface area contributed by atoms with Gasteiger partial charge in [0, 0.05) is 0 Å². The van der Waals surface area contributed by atoms with Gasteiger partial charge in [-0.3, -0.25) is 0 Å². The van der Waals surface area contributed by atoms with E-state index in [0.29, 0.717) is 19.0 Å². The van der Waals surface area contributed by atoms with Crippen LogP contribution in [-0.4, -0.2) is 18.2 Å². The summed E-state index contributed by atoms with van der Waals surface area (Å²) in [5.41, 5.74) is 0. The molecule has 3 nitrogen and oxygen atoms in total. The van der Waals surface area contributed by atoms with E-state index >= 15 is 0 Å². The Balaban J connectivity index is 3.22. The van der Waals surface area contributed by atoms with Gasteiger partial charge < -0.3 is 9.47 Å². The predicted molar refractivity (Wildman–Crippen MR) is 61.6 cm³/mol. The summed E-state index contributed by atoms with van der Waals surface area (Å²) in [7, 11) is 0. The fourth-order valence-electron chi connectivity index (χ4n) is 0.978. The molecule has 0 aliphatic carbocycles. The zero-order valence-corrected chi connectivity index (χ0v) is 10.6. The fourth-order valence-corrected chi connectivity index (χ4v) is 1.63. The van der Waals surface area contributed by atoms with Gasteiger partial charge in [0.15, 0.2) is 10.9 Å². The molecule has 0 atom stereocenters. The smallest absolute Gasteiger partial charge is 0.238 e. The van der Waals surface area contributed by atoms with E-state index < -0.39 is 0 Å². The molecule has 1 heterocycles. The van der Waals surface area contributed by atoms with E-state index in [9.17, 15) is 0 Å². The minimum Gasteiger partial charge on any atom is -0.490 e. The van der Waals surface area contributed by atoms with Crippen molar-refractivity contribution < 1.29 is 9.47 Å². The van der Waals surface area contributed by atoms with E-state index in [1.54, 1.807) is 0 Å². The number of hydrogen-bond acceptors (Lipinski definition) is 3. The monoisotopic (exact) mass is 269 g/mol. The van der Waals surface area contributed by atoms with Crippen molar-refractivity contribution in [3.63, 3.8) is 0 Å². The van der Waals surface area contributed by atoms with E-state index in [0.717, 1.165) is 0 Å². The van der Waals surface area contributed by atoms with E-state index in [2.05, 4.69) is 4.98 Å². The van der Waals surface area contributed by atoms with Gasteiger partial charge >= 0.3 is 0 Å². The molecule has 0 amide bonds. The Morgan fingerprint density at radius 2 is 1.60 bits per heavy atom. The van der Waals surface area contributed by atoms with E-state index in [1.807, 2.05) is 13.8 Å². The first-order valence-electron chi connectivity index (χ1n) is 4.41. The van der Waals surface area contributed by atoms with Crippen LogP contribution in [0, 0.1) is 0 Å². The van der Waals surface area contributed by atoms with Crippen LogP contribution in [-0.2, 0) is 0 Å². The normalized spacial score (nSPS) is 10.2. The Hall–Kier alpha value is -0.380. The molecule has 15 heavy (non-hydrogen) atoms. The molecule has 0 fully saturated rings. The first-order valence-corrected chi connectivity index (χ1v) is 5.55. The molecule has 1 aromatic heterocycles. The Bertz CT molecular complexity index is 358. The number of ether oxygens (including phenoxy) is 2. The predicted octanol–water partition coefficient (Wildman–Crippen LogP) is 3.84. The number of nitrogens with zero attached hydrogens (tertiary/aromatic N) is 1.